The lowest BCUT2D eigenvalue weighted by atomic mass is 10.1. The second-order valence-corrected chi connectivity index (χ2v) is 8.95. The predicted molar refractivity (Wildman–Crippen MR) is 138 cm³/mol. The van der Waals surface area contributed by atoms with Gasteiger partial charge in [-0.15, -0.1) is 0 Å². The van der Waals surface area contributed by atoms with Crippen LogP contribution in [0, 0.1) is 18.3 Å². The van der Waals surface area contributed by atoms with Gasteiger partial charge in [0.1, 0.15) is 24.6 Å². The summed E-state index contributed by atoms with van der Waals surface area (Å²) in [5.74, 6) is -0.663. The Balaban J connectivity index is 1.50. The summed E-state index contributed by atoms with van der Waals surface area (Å²) in [6.45, 7) is 1.61. The Labute approximate surface area is 216 Å². The zero-order valence-corrected chi connectivity index (χ0v) is 20.8. The number of rotatable bonds is 7. The van der Waals surface area contributed by atoms with Crippen LogP contribution in [0.2, 0.25) is 0 Å². The summed E-state index contributed by atoms with van der Waals surface area (Å²) in [5, 5.41) is 14.5. The minimum absolute atomic E-state index is 0.0173. The van der Waals surface area contributed by atoms with Crippen molar-refractivity contribution < 1.29 is 19.1 Å². The number of nitrogens with one attached hydrogen (secondary N) is 2. The average molecular weight is 545 g/mol. The maximum absolute atomic E-state index is 12.9. The van der Waals surface area contributed by atoms with Crippen LogP contribution in [0.1, 0.15) is 22.3 Å². The molecule has 3 aromatic carbocycles. The fourth-order valence-electron chi connectivity index (χ4n) is 3.61. The number of hydrogen-bond acceptors (Lipinski definition) is 5. The van der Waals surface area contributed by atoms with Crippen molar-refractivity contribution in [2.75, 3.05) is 11.9 Å². The van der Waals surface area contributed by atoms with Gasteiger partial charge >= 0.3 is 6.03 Å². The molecule has 1 aliphatic heterocycles. The number of ether oxygens (including phenoxy) is 1. The molecular formula is C27H21BrN4O4. The molecule has 1 heterocycles. The van der Waals surface area contributed by atoms with Gasteiger partial charge in [-0.05, 0) is 55.0 Å². The van der Waals surface area contributed by atoms with E-state index in [-0.39, 0.29) is 12.3 Å². The number of aryl methyl sites for hydroxylation is 1. The highest BCUT2D eigenvalue weighted by atomic mass is 79.9. The fraction of sp³-hybridized carbons (Fsp3) is 0.111. The molecular weight excluding hydrogens is 524 g/mol. The van der Waals surface area contributed by atoms with Crippen molar-refractivity contribution in [3.63, 3.8) is 0 Å². The van der Waals surface area contributed by atoms with E-state index < -0.39 is 24.4 Å². The van der Waals surface area contributed by atoms with Crippen LogP contribution in [-0.4, -0.2) is 29.3 Å². The minimum atomic E-state index is -0.689. The zero-order chi connectivity index (χ0) is 25.7. The minimum Gasteiger partial charge on any atom is -0.488 e. The van der Waals surface area contributed by atoms with Crippen molar-refractivity contribution in [1.29, 1.82) is 5.26 Å². The molecule has 180 valence electrons. The van der Waals surface area contributed by atoms with Crippen LogP contribution in [0.3, 0.4) is 0 Å². The number of halogens is 1. The van der Waals surface area contributed by atoms with Gasteiger partial charge < -0.3 is 15.4 Å². The van der Waals surface area contributed by atoms with Gasteiger partial charge in [-0.1, -0.05) is 46.3 Å². The zero-order valence-electron chi connectivity index (χ0n) is 19.2. The first-order valence-electron chi connectivity index (χ1n) is 11.0. The summed E-state index contributed by atoms with van der Waals surface area (Å²) in [6, 6.07) is 21.0. The normalized spacial score (nSPS) is 13.9. The maximum atomic E-state index is 12.9. The quantitative estimate of drug-likeness (QED) is 0.329. The van der Waals surface area contributed by atoms with E-state index in [4.69, 9.17) is 4.74 Å². The van der Waals surface area contributed by atoms with Crippen LogP contribution in [-0.2, 0) is 16.2 Å². The number of amides is 4. The Morgan fingerprint density at radius 1 is 1.14 bits per heavy atom. The third kappa shape index (κ3) is 5.79. The van der Waals surface area contributed by atoms with Crippen molar-refractivity contribution in [3.8, 4) is 11.8 Å². The molecule has 0 unspecified atom stereocenters. The van der Waals surface area contributed by atoms with Crippen molar-refractivity contribution in [3.05, 3.63) is 99.2 Å². The number of imide groups is 1. The van der Waals surface area contributed by atoms with Gasteiger partial charge in [-0.2, -0.15) is 5.26 Å². The number of carbonyl (C=O) groups excluding carboxylic acids is 3. The third-order valence-electron chi connectivity index (χ3n) is 5.36. The molecule has 1 aliphatic rings. The summed E-state index contributed by atoms with van der Waals surface area (Å²) in [4.78, 5) is 38.7. The van der Waals surface area contributed by atoms with Crippen LogP contribution in [0.25, 0.3) is 6.08 Å². The molecule has 8 nitrogen and oxygen atoms in total. The Morgan fingerprint density at radius 3 is 2.72 bits per heavy atom. The molecule has 0 spiro atoms. The average Bonchev–Trinajstić information content (AvgIpc) is 3.11. The molecule has 0 aromatic heterocycles. The van der Waals surface area contributed by atoms with E-state index in [0.717, 1.165) is 20.5 Å². The largest absolute Gasteiger partial charge is 0.488 e. The van der Waals surface area contributed by atoms with Gasteiger partial charge in [0, 0.05) is 21.3 Å². The summed E-state index contributed by atoms with van der Waals surface area (Å²) < 4.78 is 6.68. The van der Waals surface area contributed by atoms with E-state index in [2.05, 4.69) is 32.6 Å². The lowest BCUT2D eigenvalue weighted by molar-refractivity contribution is -0.127. The number of nitriles is 1. The first-order valence-corrected chi connectivity index (χ1v) is 11.7. The monoisotopic (exact) mass is 544 g/mol. The standard InChI is InChI=1S/C27H21BrN4O4/c1-17-5-4-8-22(11-17)30-25(33)15-32-26(34)23(31-27(32)35)13-20-12-21(28)9-10-24(20)36-16-19-7-3-2-6-18(19)14-29/h2-13H,15-16H2,1H3,(H,30,33)(H,31,35)/b23-13+. The number of hydrogen-bond donors (Lipinski definition) is 2. The van der Waals surface area contributed by atoms with Gasteiger partial charge in [-0.25, -0.2) is 9.69 Å². The topological polar surface area (TPSA) is 112 Å². The van der Waals surface area contributed by atoms with Crippen LogP contribution in [0.4, 0.5) is 10.5 Å². The number of urea groups is 1. The molecule has 4 amide bonds. The van der Waals surface area contributed by atoms with E-state index in [1.807, 2.05) is 19.1 Å². The molecule has 0 saturated carbocycles. The van der Waals surface area contributed by atoms with E-state index in [0.29, 0.717) is 22.6 Å². The molecule has 0 radical (unpaired) electrons. The lowest BCUT2D eigenvalue weighted by Gasteiger charge is -2.12. The summed E-state index contributed by atoms with van der Waals surface area (Å²) in [7, 11) is 0. The van der Waals surface area contributed by atoms with E-state index >= 15 is 0 Å². The predicted octanol–water partition coefficient (Wildman–Crippen LogP) is 4.74. The molecule has 9 heteroatoms. The van der Waals surface area contributed by atoms with Crippen molar-refractivity contribution >= 4 is 45.5 Å². The van der Waals surface area contributed by atoms with Crippen LogP contribution < -0.4 is 15.4 Å². The van der Waals surface area contributed by atoms with Gasteiger partial charge in [0.15, 0.2) is 0 Å². The van der Waals surface area contributed by atoms with Gasteiger partial charge in [0.25, 0.3) is 5.91 Å². The number of nitrogens with zero attached hydrogens (tertiary/aromatic N) is 2. The molecule has 1 fully saturated rings. The lowest BCUT2D eigenvalue weighted by Crippen LogP contribution is -2.38. The van der Waals surface area contributed by atoms with Gasteiger partial charge in [-0.3, -0.25) is 9.59 Å². The number of anilines is 1. The Kier molecular flexibility index (Phi) is 7.47. The van der Waals surface area contributed by atoms with E-state index in [1.165, 1.54) is 6.08 Å². The van der Waals surface area contributed by atoms with E-state index in [1.54, 1.807) is 54.6 Å². The third-order valence-corrected chi connectivity index (χ3v) is 5.85. The number of carbonyl (C=O) groups is 3. The summed E-state index contributed by atoms with van der Waals surface area (Å²) in [6.07, 6.45) is 1.50. The molecule has 0 atom stereocenters. The summed E-state index contributed by atoms with van der Waals surface area (Å²) in [5.41, 5.74) is 3.33. The molecule has 3 aromatic rings. The second-order valence-electron chi connectivity index (χ2n) is 8.04. The smallest absolute Gasteiger partial charge is 0.329 e. The number of benzene rings is 3. The van der Waals surface area contributed by atoms with Crippen LogP contribution in [0.15, 0.2) is 76.9 Å². The van der Waals surface area contributed by atoms with Gasteiger partial charge in [0.05, 0.1) is 11.6 Å². The summed E-state index contributed by atoms with van der Waals surface area (Å²) >= 11 is 3.41. The van der Waals surface area contributed by atoms with Crippen molar-refractivity contribution in [1.82, 2.24) is 10.2 Å². The highest BCUT2D eigenvalue weighted by Gasteiger charge is 2.35. The van der Waals surface area contributed by atoms with Crippen LogP contribution >= 0.6 is 15.9 Å². The molecule has 0 bridgehead atoms. The Bertz CT molecular complexity index is 1430. The van der Waals surface area contributed by atoms with E-state index in [9.17, 15) is 19.6 Å². The Morgan fingerprint density at radius 2 is 1.94 bits per heavy atom. The van der Waals surface area contributed by atoms with Crippen molar-refractivity contribution in [2.45, 2.75) is 13.5 Å². The Hall–Kier alpha value is -4.42. The van der Waals surface area contributed by atoms with Gasteiger partial charge in [0.2, 0.25) is 5.91 Å². The fourth-order valence-corrected chi connectivity index (χ4v) is 3.99. The van der Waals surface area contributed by atoms with Crippen LogP contribution in [0.5, 0.6) is 5.75 Å². The highest BCUT2D eigenvalue weighted by molar-refractivity contribution is 9.10. The maximum Gasteiger partial charge on any atom is 0.329 e. The first kappa shape index (κ1) is 24.7. The molecule has 1 saturated heterocycles. The second kappa shape index (κ2) is 10.9. The molecule has 4 rings (SSSR count). The molecule has 36 heavy (non-hydrogen) atoms. The van der Waals surface area contributed by atoms with Crippen molar-refractivity contribution in [2.24, 2.45) is 0 Å². The molecule has 2 N–H and O–H groups in total. The first-order chi connectivity index (χ1) is 17.3. The highest BCUT2D eigenvalue weighted by Crippen LogP contribution is 2.27. The SMILES string of the molecule is Cc1cccc(NC(=O)CN2C(=O)N/C(=C/c3cc(Br)ccc3OCc3ccccc3C#N)C2=O)c1. The molecule has 0 aliphatic carbocycles.